The van der Waals surface area contributed by atoms with Crippen LogP contribution in [0.25, 0.3) is 0 Å². The fourth-order valence-corrected chi connectivity index (χ4v) is 2.15. The lowest BCUT2D eigenvalue weighted by atomic mass is 10.1. The Hall–Kier alpha value is -1.84. The molecule has 0 aromatic heterocycles. The van der Waals surface area contributed by atoms with E-state index in [1.54, 1.807) is 24.3 Å². The Labute approximate surface area is 106 Å². The van der Waals surface area contributed by atoms with Gasteiger partial charge in [-0.15, -0.1) is 0 Å². The summed E-state index contributed by atoms with van der Waals surface area (Å²) in [5.41, 5.74) is 0.696. The van der Waals surface area contributed by atoms with Crippen molar-refractivity contribution in [2.24, 2.45) is 0 Å². The van der Waals surface area contributed by atoms with Crippen LogP contribution in [0, 0.1) is 0 Å². The lowest BCUT2D eigenvalue weighted by Crippen LogP contribution is -2.15. The minimum absolute atomic E-state index is 0.0704. The number of aliphatic carboxylic acids is 1. The first-order valence-corrected chi connectivity index (χ1v) is 6.17. The Balaban J connectivity index is 1.92. The van der Waals surface area contributed by atoms with Crippen LogP contribution in [0.3, 0.4) is 0 Å². The van der Waals surface area contributed by atoms with E-state index in [-0.39, 0.29) is 6.42 Å². The van der Waals surface area contributed by atoms with E-state index in [0.717, 1.165) is 18.6 Å². The van der Waals surface area contributed by atoms with Crippen LogP contribution < -0.4 is 4.74 Å². The molecule has 0 aliphatic heterocycles. The van der Waals surface area contributed by atoms with Crippen molar-refractivity contribution < 1.29 is 19.4 Å². The SMILES string of the molecule is O=C(O)C(=O)Cc1ccc(OC2CCCC2)cc1. The summed E-state index contributed by atoms with van der Waals surface area (Å²) in [6.45, 7) is 0. The number of carbonyl (C=O) groups is 2. The molecule has 96 valence electrons. The summed E-state index contributed by atoms with van der Waals surface area (Å²) >= 11 is 0. The second-order valence-corrected chi connectivity index (χ2v) is 4.57. The molecule has 1 N–H and O–H groups in total. The number of benzene rings is 1. The van der Waals surface area contributed by atoms with Crippen molar-refractivity contribution in [2.45, 2.75) is 38.2 Å². The maximum Gasteiger partial charge on any atom is 0.372 e. The van der Waals surface area contributed by atoms with E-state index in [2.05, 4.69) is 0 Å². The summed E-state index contributed by atoms with van der Waals surface area (Å²) in [6.07, 6.45) is 4.86. The van der Waals surface area contributed by atoms with Gasteiger partial charge in [-0.2, -0.15) is 0 Å². The number of hydrogen-bond donors (Lipinski definition) is 1. The van der Waals surface area contributed by atoms with Crippen LogP contribution in [0.15, 0.2) is 24.3 Å². The third-order valence-corrected chi connectivity index (χ3v) is 3.13. The van der Waals surface area contributed by atoms with Gasteiger partial charge >= 0.3 is 5.97 Å². The van der Waals surface area contributed by atoms with Crippen LogP contribution in [0.4, 0.5) is 0 Å². The number of ketones is 1. The molecule has 0 atom stereocenters. The smallest absolute Gasteiger partial charge is 0.372 e. The summed E-state index contributed by atoms with van der Waals surface area (Å²) in [5.74, 6) is -1.39. The normalized spacial score (nSPS) is 15.6. The minimum Gasteiger partial charge on any atom is -0.490 e. The maximum atomic E-state index is 11.0. The van der Waals surface area contributed by atoms with E-state index in [0.29, 0.717) is 11.7 Å². The fraction of sp³-hybridized carbons (Fsp3) is 0.429. The van der Waals surface area contributed by atoms with Crippen molar-refractivity contribution in [2.75, 3.05) is 0 Å². The number of carboxylic acid groups (broad SMARTS) is 1. The molecule has 0 bridgehead atoms. The quantitative estimate of drug-likeness (QED) is 0.811. The Morgan fingerprint density at radius 1 is 1.17 bits per heavy atom. The van der Waals surface area contributed by atoms with Crippen molar-refractivity contribution in [3.63, 3.8) is 0 Å². The number of carbonyl (C=O) groups excluding carboxylic acids is 1. The zero-order valence-electron chi connectivity index (χ0n) is 10.1. The predicted molar refractivity (Wildman–Crippen MR) is 65.7 cm³/mol. The second kappa shape index (κ2) is 5.67. The van der Waals surface area contributed by atoms with Gasteiger partial charge in [0.05, 0.1) is 6.10 Å². The van der Waals surface area contributed by atoms with Gasteiger partial charge < -0.3 is 9.84 Å². The lowest BCUT2D eigenvalue weighted by Gasteiger charge is -2.13. The van der Waals surface area contributed by atoms with Crippen molar-refractivity contribution >= 4 is 11.8 Å². The Morgan fingerprint density at radius 3 is 2.33 bits per heavy atom. The molecule has 0 spiro atoms. The van der Waals surface area contributed by atoms with Crippen LogP contribution in [0.2, 0.25) is 0 Å². The zero-order valence-corrected chi connectivity index (χ0v) is 10.1. The first kappa shape index (κ1) is 12.6. The first-order valence-electron chi connectivity index (χ1n) is 6.17. The molecule has 1 aromatic carbocycles. The van der Waals surface area contributed by atoms with Gasteiger partial charge in [-0.1, -0.05) is 12.1 Å². The first-order chi connectivity index (χ1) is 8.65. The summed E-state index contributed by atoms with van der Waals surface area (Å²) in [6, 6.07) is 7.07. The van der Waals surface area contributed by atoms with Crippen LogP contribution in [0.5, 0.6) is 5.75 Å². The minimum atomic E-state index is -1.39. The molecule has 1 saturated carbocycles. The lowest BCUT2D eigenvalue weighted by molar-refractivity contribution is -0.148. The van der Waals surface area contributed by atoms with Gasteiger partial charge in [0.25, 0.3) is 0 Å². The molecule has 4 nitrogen and oxygen atoms in total. The highest BCUT2D eigenvalue weighted by atomic mass is 16.5. The molecular weight excluding hydrogens is 232 g/mol. The van der Waals surface area contributed by atoms with Crippen LogP contribution in [0.1, 0.15) is 31.2 Å². The summed E-state index contributed by atoms with van der Waals surface area (Å²) in [4.78, 5) is 21.5. The summed E-state index contributed by atoms with van der Waals surface area (Å²) in [7, 11) is 0. The van der Waals surface area contributed by atoms with Gasteiger partial charge in [-0.25, -0.2) is 4.79 Å². The van der Waals surface area contributed by atoms with Gasteiger partial charge in [0.1, 0.15) is 5.75 Å². The number of rotatable bonds is 5. The summed E-state index contributed by atoms with van der Waals surface area (Å²) in [5, 5.41) is 8.51. The predicted octanol–water partition coefficient (Wildman–Crippen LogP) is 2.20. The Bertz CT molecular complexity index is 430. The molecule has 0 radical (unpaired) electrons. The highest BCUT2D eigenvalue weighted by molar-refractivity contribution is 6.33. The average Bonchev–Trinajstić information content (AvgIpc) is 2.84. The third-order valence-electron chi connectivity index (χ3n) is 3.13. The molecule has 0 unspecified atom stereocenters. The molecule has 1 aliphatic carbocycles. The van der Waals surface area contributed by atoms with Crippen molar-refractivity contribution in [3.05, 3.63) is 29.8 Å². The van der Waals surface area contributed by atoms with Gasteiger partial charge in [-0.05, 0) is 43.4 Å². The van der Waals surface area contributed by atoms with Crippen LogP contribution in [-0.2, 0) is 16.0 Å². The average molecular weight is 248 g/mol. The standard InChI is InChI=1S/C14H16O4/c15-13(14(16)17)9-10-5-7-12(8-6-10)18-11-3-1-2-4-11/h5-8,11H,1-4,9H2,(H,16,17). The molecule has 0 saturated heterocycles. The van der Waals surface area contributed by atoms with E-state index < -0.39 is 11.8 Å². The highest BCUT2D eigenvalue weighted by Gasteiger charge is 2.16. The summed E-state index contributed by atoms with van der Waals surface area (Å²) < 4.78 is 5.78. The van der Waals surface area contributed by atoms with Crippen LogP contribution in [-0.4, -0.2) is 23.0 Å². The second-order valence-electron chi connectivity index (χ2n) is 4.57. The Kier molecular flexibility index (Phi) is 3.97. The van der Waals surface area contributed by atoms with Gasteiger partial charge in [0.2, 0.25) is 5.78 Å². The van der Waals surface area contributed by atoms with Crippen molar-refractivity contribution in [1.82, 2.24) is 0 Å². The number of Topliss-reactive ketones (excluding diaryl/α,β-unsaturated/α-hetero) is 1. The van der Waals surface area contributed by atoms with E-state index in [1.807, 2.05) is 0 Å². The molecule has 1 fully saturated rings. The van der Waals surface area contributed by atoms with Crippen molar-refractivity contribution in [3.8, 4) is 5.75 Å². The number of hydrogen-bond acceptors (Lipinski definition) is 3. The number of carboxylic acids is 1. The van der Waals surface area contributed by atoms with Crippen molar-refractivity contribution in [1.29, 1.82) is 0 Å². The van der Waals surface area contributed by atoms with Gasteiger partial charge in [0, 0.05) is 6.42 Å². The Morgan fingerprint density at radius 2 is 1.78 bits per heavy atom. The molecule has 1 aliphatic rings. The van der Waals surface area contributed by atoms with E-state index in [1.165, 1.54) is 12.8 Å². The molecule has 0 heterocycles. The van der Waals surface area contributed by atoms with Gasteiger partial charge in [-0.3, -0.25) is 4.79 Å². The molecule has 18 heavy (non-hydrogen) atoms. The monoisotopic (exact) mass is 248 g/mol. The molecule has 2 rings (SSSR count). The highest BCUT2D eigenvalue weighted by Crippen LogP contribution is 2.24. The topological polar surface area (TPSA) is 63.6 Å². The van der Waals surface area contributed by atoms with E-state index in [4.69, 9.17) is 9.84 Å². The molecule has 1 aromatic rings. The molecule has 4 heteroatoms. The van der Waals surface area contributed by atoms with E-state index in [9.17, 15) is 9.59 Å². The largest absolute Gasteiger partial charge is 0.490 e. The zero-order chi connectivity index (χ0) is 13.0. The van der Waals surface area contributed by atoms with Crippen LogP contribution >= 0.6 is 0 Å². The molecular formula is C14H16O4. The number of ether oxygens (including phenoxy) is 1. The van der Waals surface area contributed by atoms with Gasteiger partial charge in [0.15, 0.2) is 0 Å². The molecule has 0 amide bonds. The maximum absolute atomic E-state index is 11.0. The van der Waals surface area contributed by atoms with E-state index >= 15 is 0 Å². The fourth-order valence-electron chi connectivity index (χ4n) is 2.15. The third kappa shape index (κ3) is 3.32.